The van der Waals surface area contributed by atoms with E-state index in [1.165, 1.54) is 31.4 Å². The van der Waals surface area contributed by atoms with Gasteiger partial charge in [-0.25, -0.2) is 4.98 Å². The summed E-state index contributed by atoms with van der Waals surface area (Å²) in [6.45, 7) is 6.62. The third-order valence-corrected chi connectivity index (χ3v) is 8.50. The number of aliphatic hydroxyl groups excluding tert-OH is 1. The van der Waals surface area contributed by atoms with Crippen LogP contribution in [0.25, 0.3) is 22.4 Å². The molecule has 4 heterocycles. The van der Waals surface area contributed by atoms with E-state index >= 15 is 0 Å². The molecule has 2 aromatic heterocycles. The van der Waals surface area contributed by atoms with Crippen LogP contribution in [0.5, 0.6) is 0 Å². The molecule has 2 fully saturated rings. The lowest BCUT2D eigenvalue weighted by atomic mass is 9.74. The molecule has 0 bridgehead atoms. The van der Waals surface area contributed by atoms with Crippen LogP contribution in [0.3, 0.4) is 0 Å². The van der Waals surface area contributed by atoms with Gasteiger partial charge in [-0.15, -0.1) is 0 Å². The maximum Gasteiger partial charge on any atom is 0.261 e. The van der Waals surface area contributed by atoms with Gasteiger partial charge in [0.1, 0.15) is 11.4 Å². The normalized spacial score (nSPS) is 20.4. The van der Waals surface area contributed by atoms with Gasteiger partial charge in [0, 0.05) is 48.5 Å². The monoisotopic (exact) mass is 546 g/mol. The van der Waals surface area contributed by atoms with E-state index in [4.69, 9.17) is 16.6 Å². The Kier molecular flexibility index (Phi) is 7.10. The quantitative estimate of drug-likeness (QED) is 0.233. The molecular weight excluding hydrogens is 512 g/mol. The van der Waals surface area contributed by atoms with Crippen LogP contribution < -0.4 is 21.1 Å². The second-order valence-corrected chi connectivity index (χ2v) is 11.5. The first-order chi connectivity index (χ1) is 18.9. The zero-order valence-electron chi connectivity index (χ0n) is 22.2. The molecule has 5 N–H and O–H groups in total. The number of aliphatic hydroxyl groups is 1. The van der Waals surface area contributed by atoms with Crippen LogP contribution in [0.1, 0.15) is 42.9 Å². The SMILES string of the molecule is Cc1cc(N2CCCC3(CCCNC3)C2)cc2[nH]c(-c3c(NC[C@@H](O)c4cccc(Cl)c4)cc[nH]c3=O)nc12. The van der Waals surface area contributed by atoms with E-state index in [2.05, 4.69) is 44.6 Å². The summed E-state index contributed by atoms with van der Waals surface area (Å²) in [6.07, 6.45) is 5.81. The zero-order chi connectivity index (χ0) is 27.0. The molecule has 0 aliphatic carbocycles. The Hall–Kier alpha value is -3.33. The number of benzene rings is 2. The number of halogens is 1. The Morgan fingerprint density at radius 2 is 2.08 bits per heavy atom. The second-order valence-electron chi connectivity index (χ2n) is 11.1. The average Bonchev–Trinajstić information content (AvgIpc) is 3.36. The minimum absolute atomic E-state index is 0.214. The number of piperidine rings is 2. The van der Waals surface area contributed by atoms with Crippen molar-refractivity contribution in [1.82, 2.24) is 20.3 Å². The molecule has 4 aromatic rings. The highest BCUT2D eigenvalue weighted by molar-refractivity contribution is 6.30. The Morgan fingerprint density at radius 3 is 2.90 bits per heavy atom. The summed E-state index contributed by atoms with van der Waals surface area (Å²) in [7, 11) is 0. The van der Waals surface area contributed by atoms with Gasteiger partial charge in [-0.05, 0) is 80.6 Å². The molecule has 9 heteroatoms. The Balaban J connectivity index is 1.28. The Labute approximate surface area is 232 Å². The number of pyridine rings is 1. The predicted molar refractivity (Wildman–Crippen MR) is 158 cm³/mol. The Morgan fingerprint density at radius 1 is 1.21 bits per heavy atom. The highest BCUT2D eigenvalue weighted by Crippen LogP contribution is 2.39. The number of hydrogen-bond acceptors (Lipinski definition) is 6. The lowest BCUT2D eigenvalue weighted by Crippen LogP contribution is -2.51. The molecule has 0 radical (unpaired) electrons. The highest BCUT2D eigenvalue weighted by Gasteiger charge is 2.36. The lowest BCUT2D eigenvalue weighted by molar-refractivity contribution is 0.173. The van der Waals surface area contributed by atoms with E-state index in [0.29, 0.717) is 33.1 Å². The lowest BCUT2D eigenvalue weighted by Gasteiger charge is -2.46. The third-order valence-electron chi connectivity index (χ3n) is 8.27. The van der Waals surface area contributed by atoms with Gasteiger partial charge < -0.3 is 30.6 Å². The molecule has 204 valence electrons. The van der Waals surface area contributed by atoms with Crippen LogP contribution in [0.4, 0.5) is 11.4 Å². The summed E-state index contributed by atoms with van der Waals surface area (Å²) >= 11 is 6.09. The summed E-state index contributed by atoms with van der Waals surface area (Å²) < 4.78 is 0. The van der Waals surface area contributed by atoms with E-state index in [9.17, 15) is 9.90 Å². The Bertz CT molecular complexity index is 1530. The summed E-state index contributed by atoms with van der Waals surface area (Å²) in [5.41, 5.74) is 5.86. The number of H-pyrrole nitrogens is 2. The fraction of sp³-hybridized carbons (Fsp3) is 0.400. The van der Waals surface area contributed by atoms with Gasteiger partial charge in [0.15, 0.2) is 0 Å². The zero-order valence-corrected chi connectivity index (χ0v) is 22.9. The van der Waals surface area contributed by atoms with Crippen LogP contribution in [0.2, 0.25) is 5.02 Å². The average molecular weight is 547 g/mol. The largest absolute Gasteiger partial charge is 0.387 e. The number of aromatic nitrogens is 3. The van der Waals surface area contributed by atoms with Crippen LogP contribution in [-0.4, -0.2) is 52.8 Å². The van der Waals surface area contributed by atoms with Gasteiger partial charge >= 0.3 is 0 Å². The van der Waals surface area contributed by atoms with Crippen molar-refractivity contribution in [3.05, 3.63) is 75.2 Å². The number of nitrogens with one attached hydrogen (secondary N) is 4. The number of imidazole rings is 1. The van der Waals surface area contributed by atoms with E-state index in [1.54, 1.807) is 30.5 Å². The maximum atomic E-state index is 13.0. The molecule has 39 heavy (non-hydrogen) atoms. The summed E-state index contributed by atoms with van der Waals surface area (Å²) in [5, 5.41) is 18.1. The van der Waals surface area contributed by atoms with E-state index in [1.807, 2.05) is 6.07 Å². The number of aromatic amines is 2. The molecule has 8 nitrogen and oxygen atoms in total. The number of hydrogen-bond donors (Lipinski definition) is 5. The number of fused-ring (bicyclic) bond motifs is 1. The first kappa shape index (κ1) is 25.9. The molecule has 1 unspecified atom stereocenters. The molecule has 2 aromatic carbocycles. The number of rotatable bonds is 6. The van der Waals surface area contributed by atoms with Gasteiger partial charge in [-0.2, -0.15) is 0 Å². The fourth-order valence-electron chi connectivity index (χ4n) is 6.28. The molecule has 1 spiro atoms. The maximum absolute atomic E-state index is 13.0. The summed E-state index contributed by atoms with van der Waals surface area (Å²) in [4.78, 5) is 26.6. The summed E-state index contributed by atoms with van der Waals surface area (Å²) in [5.74, 6) is 0.499. The predicted octanol–water partition coefficient (Wildman–Crippen LogP) is 5.00. The van der Waals surface area contributed by atoms with Gasteiger partial charge in [0.05, 0.1) is 22.8 Å². The number of anilines is 2. The van der Waals surface area contributed by atoms with Gasteiger partial charge in [0.25, 0.3) is 5.56 Å². The highest BCUT2D eigenvalue weighted by atomic mass is 35.5. The van der Waals surface area contributed by atoms with Crippen molar-refractivity contribution < 1.29 is 5.11 Å². The van der Waals surface area contributed by atoms with Gasteiger partial charge in [0.2, 0.25) is 0 Å². The third kappa shape index (κ3) is 5.29. The van der Waals surface area contributed by atoms with E-state index in [-0.39, 0.29) is 12.1 Å². The smallest absolute Gasteiger partial charge is 0.261 e. The molecular formula is C30H35ClN6O2. The van der Waals surface area contributed by atoms with E-state index < -0.39 is 6.10 Å². The van der Waals surface area contributed by atoms with E-state index in [0.717, 1.165) is 42.8 Å². The van der Waals surface area contributed by atoms with Gasteiger partial charge in [-0.1, -0.05) is 23.7 Å². The number of nitrogens with zero attached hydrogens (tertiary/aromatic N) is 2. The van der Waals surface area contributed by atoms with Crippen LogP contribution in [-0.2, 0) is 0 Å². The van der Waals surface area contributed by atoms with Crippen molar-refractivity contribution in [2.75, 3.05) is 42.9 Å². The van der Waals surface area contributed by atoms with Crippen molar-refractivity contribution in [1.29, 1.82) is 0 Å². The minimum Gasteiger partial charge on any atom is -0.387 e. The van der Waals surface area contributed by atoms with Crippen molar-refractivity contribution in [3.63, 3.8) is 0 Å². The standard InChI is InChI=1S/C30H35ClN6O2/c1-19-13-22(37-12-4-9-30(18-37)8-3-10-32-17-30)15-24-27(19)36-28(35-24)26-23(7-11-33-29(26)39)34-16-25(38)20-5-2-6-21(31)14-20/h2,5-7,11,13-15,25,32,38H,3-4,8-10,12,16-18H2,1H3,(H,35,36)(H2,33,34,39)/t25-,30?/m1/s1. The van der Waals surface area contributed by atoms with Crippen LogP contribution >= 0.6 is 11.6 Å². The fourth-order valence-corrected chi connectivity index (χ4v) is 6.48. The van der Waals surface area contributed by atoms with Crippen molar-refractivity contribution >= 4 is 34.0 Å². The molecule has 2 aliphatic heterocycles. The first-order valence-corrected chi connectivity index (χ1v) is 14.1. The molecule has 0 saturated carbocycles. The van der Waals surface area contributed by atoms with Crippen LogP contribution in [0, 0.1) is 12.3 Å². The van der Waals surface area contributed by atoms with Crippen molar-refractivity contribution in [2.45, 2.75) is 38.7 Å². The van der Waals surface area contributed by atoms with Crippen LogP contribution in [0.15, 0.2) is 53.5 Å². The molecule has 0 amide bonds. The first-order valence-electron chi connectivity index (χ1n) is 13.8. The minimum atomic E-state index is -0.788. The summed E-state index contributed by atoms with van der Waals surface area (Å²) in [6, 6.07) is 13.3. The molecule has 6 rings (SSSR count). The molecule has 2 atom stereocenters. The van der Waals surface area contributed by atoms with Crippen molar-refractivity contribution in [3.8, 4) is 11.4 Å². The molecule has 2 saturated heterocycles. The van der Waals surface area contributed by atoms with Crippen molar-refractivity contribution in [2.24, 2.45) is 5.41 Å². The van der Waals surface area contributed by atoms with Gasteiger partial charge in [-0.3, -0.25) is 4.79 Å². The molecule has 2 aliphatic rings. The topological polar surface area (TPSA) is 109 Å². The second kappa shape index (κ2) is 10.7. The number of aryl methyl sites for hydroxylation is 1.